The van der Waals surface area contributed by atoms with Gasteiger partial charge in [0.25, 0.3) is 0 Å². The molecule has 36 heavy (non-hydrogen) atoms. The van der Waals surface area contributed by atoms with Crippen molar-refractivity contribution in [2.45, 2.75) is 39.4 Å². The number of hydrogen-bond donors (Lipinski definition) is 0. The quantitative estimate of drug-likeness (QED) is 0.312. The van der Waals surface area contributed by atoms with Crippen molar-refractivity contribution in [1.82, 2.24) is 0 Å². The lowest BCUT2D eigenvalue weighted by atomic mass is 9.99. The number of rotatable bonds is 9. The molecule has 3 aromatic rings. The summed E-state index contributed by atoms with van der Waals surface area (Å²) in [6.07, 6.45) is 0.101. The number of aryl methyl sites for hydroxylation is 2. The molecule has 1 aliphatic rings. The number of thioether (sulfide) groups is 1. The molecule has 3 aromatic carbocycles. The summed E-state index contributed by atoms with van der Waals surface area (Å²) in [6.45, 7) is 8.88. The van der Waals surface area contributed by atoms with Crippen molar-refractivity contribution in [2.24, 2.45) is 4.99 Å². The zero-order chi connectivity index (χ0) is 25.7. The first kappa shape index (κ1) is 25.5. The zero-order valence-electron chi connectivity index (χ0n) is 21.0. The maximum absolute atomic E-state index is 13.6. The number of ether oxygens (including phenoxy) is 2. The first-order valence-corrected chi connectivity index (χ1v) is 12.9. The van der Waals surface area contributed by atoms with E-state index in [1.165, 1.54) is 11.8 Å². The summed E-state index contributed by atoms with van der Waals surface area (Å²) in [5.74, 6) is 1.28. The third-order valence-corrected chi connectivity index (χ3v) is 6.91. The molecule has 0 saturated carbocycles. The van der Waals surface area contributed by atoms with E-state index in [2.05, 4.69) is 0 Å². The van der Waals surface area contributed by atoms with Crippen molar-refractivity contribution in [2.75, 3.05) is 18.1 Å². The molecule has 6 nitrogen and oxygen atoms in total. The van der Waals surface area contributed by atoms with E-state index in [4.69, 9.17) is 14.5 Å². The van der Waals surface area contributed by atoms with E-state index >= 15 is 0 Å². The minimum absolute atomic E-state index is 0.0454. The van der Waals surface area contributed by atoms with Gasteiger partial charge in [-0.1, -0.05) is 29.5 Å². The Morgan fingerprint density at radius 2 is 1.53 bits per heavy atom. The van der Waals surface area contributed by atoms with Crippen molar-refractivity contribution >= 4 is 40.0 Å². The Balaban J connectivity index is 1.64. The number of ketones is 1. The fourth-order valence-electron chi connectivity index (χ4n) is 3.98. The molecule has 1 heterocycles. The average molecular weight is 503 g/mol. The number of carbonyl (C=O) groups excluding carboxylic acids is 2. The molecule has 0 bridgehead atoms. The highest BCUT2D eigenvalue weighted by molar-refractivity contribution is 8.16. The number of amidine groups is 1. The van der Waals surface area contributed by atoms with Crippen LogP contribution in [0, 0.1) is 13.8 Å². The fraction of sp³-hybridized carbons (Fsp3) is 0.276. The van der Waals surface area contributed by atoms with Gasteiger partial charge in [0.05, 0.1) is 29.8 Å². The molecular weight excluding hydrogens is 472 g/mol. The van der Waals surface area contributed by atoms with Crippen LogP contribution < -0.4 is 14.4 Å². The summed E-state index contributed by atoms with van der Waals surface area (Å²) < 4.78 is 11.1. The fourth-order valence-corrected chi connectivity index (χ4v) is 5.13. The van der Waals surface area contributed by atoms with Gasteiger partial charge < -0.3 is 9.47 Å². The number of anilines is 1. The highest BCUT2D eigenvalue weighted by Crippen LogP contribution is 2.37. The molecule has 0 spiro atoms. The van der Waals surface area contributed by atoms with Gasteiger partial charge >= 0.3 is 0 Å². The van der Waals surface area contributed by atoms with E-state index in [1.54, 1.807) is 4.90 Å². The van der Waals surface area contributed by atoms with E-state index in [9.17, 15) is 9.59 Å². The third kappa shape index (κ3) is 5.79. The van der Waals surface area contributed by atoms with Crippen molar-refractivity contribution in [3.05, 3.63) is 83.4 Å². The van der Waals surface area contributed by atoms with Gasteiger partial charge in [0.15, 0.2) is 11.0 Å². The maximum Gasteiger partial charge on any atom is 0.247 e. The Kier molecular flexibility index (Phi) is 8.10. The highest BCUT2D eigenvalue weighted by Gasteiger charge is 2.40. The molecule has 0 N–H and O–H groups in total. The average Bonchev–Trinajstić information content (AvgIpc) is 3.17. The Bertz CT molecular complexity index is 1270. The van der Waals surface area contributed by atoms with Crippen LogP contribution in [-0.2, 0) is 4.79 Å². The molecule has 1 amide bonds. The summed E-state index contributed by atoms with van der Waals surface area (Å²) in [5.41, 5.74) is 3.97. The lowest BCUT2D eigenvalue weighted by Gasteiger charge is -2.17. The molecule has 4 rings (SSSR count). The summed E-state index contributed by atoms with van der Waals surface area (Å²) >= 11 is 1.32. The van der Waals surface area contributed by atoms with Crippen molar-refractivity contribution < 1.29 is 19.1 Å². The minimum Gasteiger partial charge on any atom is -0.494 e. The Hall–Kier alpha value is -3.58. The second-order valence-corrected chi connectivity index (χ2v) is 9.64. The van der Waals surface area contributed by atoms with Gasteiger partial charge in [0, 0.05) is 12.0 Å². The lowest BCUT2D eigenvalue weighted by molar-refractivity contribution is -0.116. The molecule has 186 valence electrons. The monoisotopic (exact) mass is 502 g/mol. The van der Waals surface area contributed by atoms with Gasteiger partial charge in [0.1, 0.15) is 11.5 Å². The predicted octanol–water partition coefficient (Wildman–Crippen LogP) is 6.51. The molecule has 1 unspecified atom stereocenters. The van der Waals surface area contributed by atoms with Crippen LogP contribution in [0.4, 0.5) is 11.4 Å². The van der Waals surface area contributed by atoms with Crippen LogP contribution >= 0.6 is 11.8 Å². The summed E-state index contributed by atoms with van der Waals surface area (Å²) in [5, 5.41) is -0.0301. The van der Waals surface area contributed by atoms with Crippen molar-refractivity contribution in [3.8, 4) is 11.5 Å². The van der Waals surface area contributed by atoms with Gasteiger partial charge in [-0.15, -0.1) is 0 Å². The molecule has 7 heteroatoms. The van der Waals surface area contributed by atoms with Crippen LogP contribution in [0.25, 0.3) is 0 Å². The first-order valence-electron chi connectivity index (χ1n) is 12.0. The van der Waals surface area contributed by atoms with Crippen LogP contribution in [-0.4, -0.2) is 35.3 Å². The van der Waals surface area contributed by atoms with Crippen LogP contribution in [0.2, 0.25) is 0 Å². The van der Waals surface area contributed by atoms with Crippen molar-refractivity contribution in [3.63, 3.8) is 0 Å². The molecule has 0 aliphatic carbocycles. The van der Waals surface area contributed by atoms with Crippen molar-refractivity contribution in [1.29, 1.82) is 0 Å². The molecule has 1 saturated heterocycles. The Morgan fingerprint density at radius 1 is 0.917 bits per heavy atom. The molecule has 0 aromatic heterocycles. The predicted molar refractivity (Wildman–Crippen MR) is 146 cm³/mol. The first-order chi connectivity index (χ1) is 17.4. The van der Waals surface area contributed by atoms with Gasteiger partial charge in [-0.3, -0.25) is 14.5 Å². The Morgan fingerprint density at radius 3 is 2.14 bits per heavy atom. The normalized spacial score (nSPS) is 16.4. The minimum atomic E-state index is -0.564. The smallest absolute Gasteiger partial charge is 0.247 e. The van der Waals surface area contributed by atoms with Crippen LogP contribution in [0.5, 0.6) is 11.5 Å². The summed E-state index contributed by atoms with van der Waals surface area (Å²) in [4.78, 5) is 33.2. The third-order valence-electron chi connectivity index (χ3n) is 5.78. The largest absolute Gasteiger partial charge is 0.494 e. The summed E-state index contributed by atoms with van der Waals surface area (Å²) in [7, 11) is 0. The second kappa shape index (κ2) is 11.4. The van der Waals surface area contributed by atoms with E-state index in [0.29, 0.717) is 35.3 Å². The lowest BCUT2D eigenvalue weighted by Crippen LogP contribution is -2.32. The highest BCUT2D eigenvalue weighted by atomic mass is 32.2. The molecular formula is C29H30N2O4S. The summed E-state index contributed by atoms with van der Waals surface area (Å²) in [6, 6.07) is 20.6. The van der Waals surface area contributed by atoms with Gasteiger partial charge in [-0.05, 0) is 87.9 Å². The molecule has 1 atom stereocenters. The second-order valence-electron chi connectivity index (χ2n) is 8.47. The number of hydrogen-bond acceptors (Lipinski definition) is 6. The number of benzene rings is 3. The number of aliphatic imine (C=N–C) groups is 1. The molecule has 0 radical (unpaired) electrons. The van der Waals surface area contributed by atoms with E-state index < -0.39 is 5.25 Å². The van der Waals surface area contributed by atoms with Crippen LogP contribution in [0.1, 0.15) is 41.8 Å². The van der Waals surface area contributed by atoms with E-state index in [1.807, 2.05) is 94.4 Å². The van der Waals surface area contributed by atoms with Gasteiger partial charge in [-0.25, -0.2) is 4.99 Å². The van der Waals surface area contributed by atoms with Gasteiger partial charge in [-0.2, -0.15) is 0 Å². The molecule has 1 fully saturated rings. The number of carbonyl (C=O) groups is 2. The number of amides is 1. The zero-order valence-corrected chi connectivity index (χ0v) is 21.8. The Labute approximate surface area is 216 Å². The number of Topliss-reactive ketones (excluding diaryl/α,β-unsaturated/α-hetero) is 1. The topological polar surface area (TPSA) is 68.2 Å². The standard InChI is InChI=1S/C29H30N2O4S/c1-5-34-23-13-9-21(10-14-23)30-29-31(22-11-15-24(16-12-22)35-6-2)28(33)27(36-29)18-26(32)25-17-19(3)7-8-20(25)4/h7-17,27H,5-6,18H2,1-4H3. The van der Waals surface area contributed by atoms with Gasteiger partial charge in [0.2, 0.25) is 5.91 Å². The van der Waals surface area contributed by atoms with Crippen LogP contribution in [0.3, 0.4) is 0 Å². The number of nitrogens with zero attached hydrogens (tertiary/aromatic N) is 2. The molecule has 1 aliphatic heterocycles. The van der Waals surface area contributed by atoms with Crippen LogP contribution in [0.15, 0.2) is 71.7 Å². The maximum atomic E-state index is 13.6. The van der Waals surface area contributed by atoms with E-state index in [-0.39, 0.29) is 18.1 Å². The SMILES string of the molecule is CCOc1ccc(N=C2SC(CC(=O)c3cc(C)ccc3C)C(=O)N2c2ccc(OCC)cc2)cc1. The van der Waals surface area contributed by atoms with E-state index in [0.717, 1.165) is 22.6 Å².